The molecule has 0 aliphatic heterocycles. The Labute approximate surface area is 143 Å². The fourth-order valence-corrected chi connectivity index (χ4v) is 3.12. The second-order valence-corrected chi connectivity index (χ2v) is 6.74. The van der Waals surface area contributed by atoms with Crippen molar-refractivity contribution in [3.63, 3.8) is 0 Å². The van der Waals surface area contributed by atoms with E-state index in [1.54, 1.807) is 6.07 Å². The van der Waals surface area contributed by atoms with E-state index in [1.165, 1.54) is 9.13 Å². The summed E-state index contributed by atoms with van der Waals surface area (Å²) in [5.74, 6) is 0. The lowest BCUT2D eigenvalue weighted by Gasteiger charge is -2.20. The average molecular weight is 420 g/mol. The number of aryl methyl sites for hydroxylation is 1. The van der Waals surface area contributed by atoms with Crippen LogP contribution in [0, 0.1) is 10.5 Å². The number of nitrogens with one attached hydrogen (secondary N) is 1. The highest BCUT2D eigenvalue weighted by Crippen LogP contribution is 2.31. The second kappa shape index (κ2) is 7.01. The van der Waals surface area contributed by atoms with E-state index in [1.807, 2.05) is 12.1 Å². The molecule has 4 heteroatoms. The van der Waals surface area contributed by atoms with E-state index in [4.69, 9.17) is 23.2 Å². The lowest BCUT2D eigenvalue weighted by molar-refractivity contribution is 0.749. The maximum Gasteiger partial charge on any atom is 0.0525 e. The Morgan fingerprint density at radius 2 is 1.90 bits per heavy atom. The highest BCUT2D eigenvalue weighted by atomic mass is 127. The summed E-state index contributed by atoms with van der Waals surface area (Å²) >= 11 is 14.6. The minimum Gasteiger partial charge on any atom is -0.378 e. The van der Waals surface area contributed by atoms with E-state index in [0.29, 0.717) is 10.0 Å². The van der Waals surface area contributed by atoms with Gasteiger partial charge >= 0.3 is 0 Å². The Morgan fingerprint density at radius 1 is 1.15 bits per heavy atom. The summed E-state index contributed by atoms with van der Waals surface area (Å²) in [6.07, 6.45) is 0.950. The molecule has 1 unspecified atom stereocenters. The van der Waals surface area contributed by atoms with Gasteiger partial charge < -0.3 is 5.32 Å². The van der Waals surface area contributed by atoms with Crippen molar-refractivity contribution in [2.45, 2.75) is 26.3 Å². The summed E-state index contributed by atoms with van der Waals surface area (Å²) in [6.45, 7) is 4.25. The van der Waals surface area contributed by atoms with E-state index >= 15 is 0 Å². The van der Waals surface area contributed by atoms with E-state index in [2.05, 4.69) is 60.0 Å². The lowest BCUT2D eigenvalue weighted by Crippen LogP contribution is -2.10. The Morgan fingerprint density at radius 3 is 2.50 bits per heavy atom. The third-order valence-electron chi connectivity index (χ3n) is 3.26. The molecule has 20 heavy (non-hydrogen) atoms. The molecule has 0 saturated heterocycles. The molecule has 1 atom stereocenters. The Bertz CT molecular complexity index is 613. The van der Waals surface area contributed by atoms with Gasteiger partial charge in [-0.1, -0.05) is 42.3 Å². The molecule has 2 aromatic carbocycles. The summed E-state index contributed by atoms with van der Waals surface area (Å²) in [5.41, 5.74) is 3.47. The lowest BCUT2D eigenvalue weighted by atomic mass is 10.0. The van der Waals surface area contributed by atoms with Crippen molar-refractivity contribution in [1.82, 2.24) is 0 Å². The van der Waals surface area contributed by atoms with Gasteiger partial charge in [-0.2, -0.15) is 0 Å². The Hall–Kier alpha value is -0.450. The van der Waals surface area contributed by atoms with Crippen molar-refractivity contribution >= 4 is 51.5 Å². The van der Waals surface area contributed by atoms with Gasteiger partial charge in [-0.15, -0.1) is 0 Å². The molecule has 0 bridgehead atoms. The van der Waals surface area contributed by atoms with Gasteiger partial charge in [-0.3, -0.25) is 0 Å². The molecule has 0 radical (unpaired) electrons. The van der Waals surface area contributed by atoms with Gasteiger partial charge in [0.2, 0.25) is 0 Å². The van der Waals surface area contributed by atoms with Crippen LogP contribution in [0.25, 0.3) is 0 Å². The standard InChI is InChI=1S/C16H16Cl2IN/c1-3-16(13-7-5-11(17)8-14(13)18)20-12-6-4-10(2)15(19)9-12/h4-9,16,20H,3H2,1-2H3. The van der Waals surface area contributed by atoms with Crippen LogP contribution in [0.1, 0.15) is 30.5 Å². The molecule has 2 rings (SSSR count). The minimum absolute atomic E-state index is 0.179. The molecule has 1 N–H and O–H groups in total. The monoisotopic (exact) mass is 419 g/mol. The zero-order chi connectivity index (χ0) is 14.7. The summed E-state index contributed by atoms with van der Waals surface area (Å²) in [4.78, 5) is 0. The molecule has 0 spiro atoms. The van der Waals surface area contributed by atoms with E-state index < -0.39 is 0 Å². The van der Waals surface area contributed by atoms with Crippen molar-refractivity contribution in [2.75, 3.05) is 5.32 Å². The molecule has 0 aromatic heterocycles. The zero-order valence-electron chi connectivity index (χ0n) is 11.4. The molecular formula is C16H16Cl2IN. The highest BCUT2D eigenvalue weighted by molar-refractivity contribution is 14.1. The maximum absolute atomic E-state index is 6.30. The number of hydrogen-bond donors (Lipinski definition) is 1. The van der Waals surface area contributed by atoms with Crippen LogP contribution in [-0.2, 0) is 0 Å². The normalized spacial score (nSPS) is 12.2. The first-order valence-corrected chi connectivity index (χ1v) is 8.32. The number of rotatable bonds is 4. The first-order chi connectivity index (χ1) is 9.51. The molecule has 0 amide bonds. The molecule has 106 valence electrons. The average Bonchev–Trinajstić information content (AvgIpc) is 2.41. The van der Waals surface area contributed by atoms with Crippen LogP contribution in [-0.4, -0.2) is 0 Å². The van der Waals surface area contributed by atoms with Crippen LogP contribution in [0.15, 0.2) is 36.4 Å². The summed E-state index contributed by atoms with van der Waals surface area (Å²) < 4.78 is 1.25. The number of halogens is 3. The predicted molar refractivity (Wildman–Crippen MR) is 97.0 cm³/mol. The Kier molecular flexibility index (Phi) is 5.58. The van der Waals surface area contributed by atoms with Gasteiger partial charge in [0.25, 0.3) is 0 Å². The first kappa shape index (κ1) is 15.9. The number of anilines is 1. The first-order valence-electron chi connectivity index (χ1n) is 6.49. The van der Waals surface area contributed by atoms with Crippen LogP contribution < -0.4 is 5.32 Å². The second-order valence-electron chi connectivity index (χ2n) is 4.73. The summed E-state index contributed by atoms with van der Waals surface area (Å²) in [7, 11) is 0. The van der Waals surface area contributed by atoms with Gasteiger partial charge in [-0.25, -0.2) is 0 Å². The fourth-order valence-electron chi connectivity index (χ4n) is 2.07. The van der Waals surface area contributed by atoms with E-state index in [9.17, 15) is 0 Å². The summed E-state index contributed by atoms with van der Waals surface area (Å²) in [6, 6.07) is 12.2. The van der Waals surface area contributed by atoms with Crippen molar-refractivity contribution < 1.29 is 0 Å². The summed E-state index contributed by atoms with van der Waals surface area (Å²) in [5, 5.41) is 4.91. The predicted octanol–water partition coefficient (Wildman–Crippen LogP) is 6.47. The topological polar surface area (TPSA) is 12.0 Å². The minimum atomic E-state index is 0.179. The SMILES string of the molecule is CCC(Nc1ccc(C)c(I)c1)c1ccc(Cl)cc1Cl. The van der Waals surface area contributed by atoms with Crippen molar-refractivity contribution in [3.05, 3.63) is 61.1 Å². The molecule has 2 aromatic rings. The molecule has 0 fully saturated rings. The largest absolute Gasteiger partial charge is 0.378 e. The van der Waals surface area contributed by atoms with Crippen molar-refractivity contribution in [3.8, 4) is 0 Å². The molecule has 1 nitrogen and oxygen atoms in total. The number of hydrogen-bond acceptors (Lipinski definition) is 1. The fraction of sp³-hybridized carbons (Fsp3) is 0.250. The van der Waals surface area contributed by atoms with Gasteiger partial charge in [0.15, 0.2) is 0 Å². The van der Waals surface area contributed by atoms with Crippen LogP contribution >= 0.6 is 45.8 Å². The van der Waals surface area contributed by atoms with Crippen LogP contribution in [0.4, 0.5) is 5.69 Å². The quantitative estimate of drug-likeness (QED) is 0.560. The van der Waals surface area contributed by atoms with Gasteiger partial charge in [0.05, 0.1) is 6.04 Å². The van der Waals surface area contributed by atoms with Crippen LogP contribution in [0.2, 0.25) is 10.0 Å². The smallest absolute Gasteiger partial charge is 0.0525 e. The molecular weight excluding hydrogens is 404 g/mol. The molecule has 0 aliphatic rings. The van der Waals surface area contributed by atoms with E-state index in [-0.39, 0.29) is 6.04 Å². The Balaban J connectivity index is 2.26. The third-order valence-corrected chi connectivity index (χ3v) is 4.98. The molecule has 0 saturated carbocycles. The maximum atomic E-state index is 6.30. The third kappa shape index (κ3) is 3.80. The highest BCUT2D eigenvalue weighted by Gasteiger charge is 2.13. The van der Waals surface area contributed by atoms with Crippen molar-refractivity contribution in [1.29, 1.82) is 0 Å². The van der Waals surface area contributed by atoms with Crippen LogP contribution in [0.3, 0.4) is 0 Å². The van der Waals surface area contributed by atoms with Crippen molar-refractivity contribution in [2.24, 2.45) is 0 Å². The van der Waals surface area contributed by atoms with Crippen LogP contribution in [0.5, 0.6) is 0 Å². The molecule has 0 heterocycles. The van der Waals surface area contributed by atoms with Gasteiger partial charge in [0, 0.05) is 19.3 Å². The van der Waals surface area contributed by atoms with Gasteiger partial charge in [0.1, 0.15) is 0 Å². The zero-order valence-corrected chi connectivity index (χ0v) is 15.1. The molecule has 0 aliphatic carbocycles. The van der Waals surface area contributed by atoms with E-state index in [0.717, 1.165) is 17.7 Å². The van der Waals surface area contributed by atoms with Gasteiger partial charge in [-0.05, 0) is 71.3 Å². The number of benzene rings is 2.